The fourth-order valence-corrected chi connectivity index (χ4v) is 2.69. The average molecular weight is 353 g/mol. The van der Waals surface area contributed by atoms with Crippen LogP contribution in [0.2, 0.25) is 0 Å². The van der Waals surface area contributed by atoms with Gasteiger partial charge >= 0.3 is 6.36 Å². The van der Waals surface area contributed by atoms with E-state index in [1.165, 1.54) is 15.8 Å². The summed E-state index contributed by atoms with van der Waals surface area (Å²) in [6, 6.07) is 6.62. The Morgan fingerprint density at radius 2 is 1.92 bits per heavy atom. The molecule has 0 unspecified atom stereocenters. The number of hydrogen-bond acceptors (Lipinski definition) is 4. The Bertz CT molecular complexity index is 784. The number of amides is 1. The number of benzene rings is 1. The fraction of sp³-hybridized carbons (Fsp3) is 0.312. The number of alkyl halides is 3. The van der Waals surface area contributed by atoms with Crippen LogP contribution in [0.1, 0.15) is 26.4 Å². The van der Waals surface area contributed by atoms with Crippen LogP contribution in [0.25, 0.3) is 0 Å². The molecule has 1 amide bonds. The Balaban J connectivity index is 1.70. The highest BCUT2D eigenvalue weighted by molar-refractivity contribution is 6.09. The van der Waals surface area contributed by atoms with Crippen molar-refractivity contribution in [2.75, 3.05) is 18.1 Å². The molecule has 3 rings (SSSR count). The number of fused-ring (bicyclic) bond motifs is 1. The number of rotatable bonds is 5. The number of aldehydes is 1. The lowest BCUT2D eigenvalue weighted by molar-refractivity contribution is -0.324. The monoisotopic (exact) mass is 353 g/mol. The van der Waals surface area contributed by atoms with Crippen molar-refractivity contribution >= 4 is 17.9 Å². The largest absolute Gasteiger partial charge is 0.522 e. The minimum atomic E-state index is -4.64. The van der Waals surface area contributed by atoms with Gasteiger partial charge in [0.1, 0.15) is 5.69 Å². The molecule has 1 aromatic heterocycles. The molecule has 1 aromatic carbocycles. The summed E-state index contributed by atoms with van der Waals surface area (Å²) in [4.78, 5) is 25.1. The van der Waals surface area contributed by atoms with Crippen LogP contribution >= 0.6 is 0 Å². The molecule has 1 aliphatic rings. The molecule has 0 radical (unpaired) electrons. The van der Waals surface area contributed by atoms with Crippen molar-refractivity contribution in [2.24, 2.45) is 0 Å². The molecule has 0 N–H and O–H groups in total. The molecule has 0 saturated heterocycles. The van der Waals surface area contributed by atoms with E-state index >= 15 is 0 Å². The van der Waals surface area contributed by atoms with Gasteiger partial charge in [-0.25, -0.2) is 0 Å². The Morgan fingerprint density at radius 3 is 2.56 bits per heavy atom. The van der Waals surface area contributed by atoms with E-state index in [1.807, 2.05) is 0 Å². The van der Waals surface area contributed by atoms with Gasteiger partial charge in [0, 0.05) is 12.2 Å². The van der Waals surface area contributed by atoms with Crippen LogP contribution in [0.15, 0.2) is 30.5 Å². The summed E-state index contributed by atoms with van der Waals surface area (Å²) in [7, 11) is 0. The minimum Gasteiger partial charge on any atom is -0.305 e. The molecule has 25 heavy (non-hydrogen) atoms. The van der Waals surface area contributed by atoms with E-state index in [0.717, 1.165) is 0 Å². The maximum atomic E-state index is 12.6. The zero-order valence-corrected chi connectivity index (χ0v) is 13.0. The van der Waals surface area contributed by atoms with Gasteiger partial charge in [0.05, 0.1) is 24.9 Å². The molecular weight excluding hydrogens is 339 g/mol. The topological polar surface area (TPSA) is 64.4 Å². The maximum absolute atomic E-state index is 12.6. The van der Waals surface area contributed by atoms with Gasteiger partial charge in [0.25, 0.3) is 5.91 Å². The van der Waals surface area contributed by atoms with Crippen molar-refractivity contribution in [3.05, 3.63) is 47.3 Å². The fourth-order valence-electron chi connectivity index (χ4n) is 2.69. The van der Waals surface area contributed by atoms with Gasteiger partial charge in [0.15, 0.2) is 6.29 Å². The van der Waals surface area contributed by atoms with Crippen LogP contribution < -0.4 is 4.90 Å². The van der Waals surface area contributed by atoms with Gasteiger partial charge in [-0.05, 0) is 24.1 Å². The summed E-state index contributed by atoms with van der Waals surface area (Å²) in [5, 5.41) is 4.01. The van der Waals surface area contributed by atoms with Crippen LogP contribution in [0.3, 0.4) is 0 Å². The molecule has 0 spiro atoms. The van der Waals surface area contributed by atoms with E-state index in [9.17, 15) is 22.8 Å². The van der Waals surface area contributed by atoms with Crippen LogP contribution in [-0.4, -0.2) is 41.5 Å². The summed E-state index contributed by atoms with van der Waals surface area (Å²) >= 11 is 0. The molecule has 0 saturated carbocycles. The zero-order valence-electron chi connectivity index (χ0n) is 13.0. The quantitative estimate of drug-likeness (QED) is 0.775. The summed E-state index contributed by atoms with van der Waals surface area (Å²) in [6.07, 6.45) is -2.59. The molecule has 132 valence electrons. The third-order valence-electron chi connectivity index (χ3n) is 3.88. The minimum absolute atomic E-state index is 0.107. The molecule has 9 heteroatoms. The highest BCUT2D eigenvalue weighted by Crippen LogP contribution is 2.23. The predicted molar refractivity (Wildman–Crippen MR) is 81.4 cm³/mol. The average Bonchev–Trinajstić information content (AvgIpc) is 2.99. The number of ether oxygens (including phenoxy) is 1. The number of carbonyl (C=O) groups is 2. The molecular formula is C16H14F3N3O3. The maximum Gasteiger partial charge on any atom is 0.522 e. The predicted octanol–water partition coefficient (Wildman–Crippen LogP) is 2.43. The van der Waals surface area contributed by atoms with Crippen molar-refractivity contribution in [3.8, 4) is 0 Å². The molecule has 6 nitrogen and oxygen atoms in total. The van der Waals surface area contributed by atoms with E-state index in [2.05, 4.69) is 9.84 Å². The second kappa shape index (κ2) is 6.67. The molecule has 2 heterocycles. The lowest BCUT2D eigenvalue weighted by Gasteiger charge is -2.28. The molecule has 0 bridgehead atoms. The zero-order chi connectivity index (χ0) is 18.0. The Labute approximate surface area is 140 Å². The van der Waals surface area contributed by atoms with Crippen molar-refractivity contribution < 1.29 is 27.5 Å². The van der Waals surface area contributed by atoms with Gasteiger partial charge < -0.3 is 4.90 Å². The van der Waals surface area contributed by atoms with Crippen LogP contribution in [0.4, 0.5) is 18.9 Å². The second-order valence-corrected chi connectivity index (χ2v) is 5.46. The smallest absolute Gasteiger partial charge is 0.305 e. The second-order valence-electron chi connectivity index (χ2n) is 5.46. The van der Waals surface area contributed by atoms with E-state index < -0.39 is 13.0 Å². The lowest BCUT2D eigenvalue weighted by atomic mass is 10.1. The van der Waals surface area contributed by atoms with Gasteiger partial charge in [-0.1, -0.05) is 12.1 Å². The summed E-state index contributed by atoms with van der Waals surface area (Å²) in [6.45, 7) is 0.381. The lowest BCUT2D eigenvalue weighted by Crippen LogP contribution is -2.41. The molecule has 1 aliphatic heterocycles. The van der Waals surface area contributed by atoms with E-state index in [-0.39, 0.29) is 23.6 Å². The van der Waals surface area contributed by atoms with Crippen molar-refractivity contribution in [2.45, 2.75) is 19.3 Å². The van der Waals surface area contributed by atoms with Crippen LogP contribution in [0, 0.1) is 0 Å². The van der Waals surface area contributed by atoms with E-state index in [4.69, 9.17) is 0 Å². The number of anilines is 1. The number of aromatic nitrogens is 2. The number of halogens is 3. The first-order chi connectivity index (χ1) is 11.9. The number of carbonyl (C=O) groups excluding carboxylic acids is 2. The summed E-state index contributed by atoms with van der Waals surface area (Å²) in [5.41, 5.74) is 1.74. The molecule has 2 aromatic rings. The molecule has 0 fully saturated rings. The normalized spacial score (nSPS) is 14.5. The first kappa shape index (κ1) is 17.2. The summed E-state index contributed by atoms with van der Waals surface area (Å²) in [5.74, 6) is -0.334. The highest BCUT2D eigenvalue weighted by Gasteiger charge is 2.30. The molecule has 0 aliphatic carbocycles. The number of nitrogens with zero attached hydrogens (tertiary/aromatic N) is 3. The number of hydrogen-bond donors (Lipinski definition) is 0. The first-order valence-electron chi connectivity index (χ1n) is 7.51. The van der Waals surface area contributed by atoms with E-state index in [0.29, 0.717) is 30.6 Å². The first-order valence-corrected chi connectivity index (χ1v) is 7.51. The van der Waals surface area contributed by atoms with Gasteiger partial charge in [-0.2, -0.15) is 5.10 Å². The van der Waals surface area contributed by atoms with E-state index in [1.54, 1.807) is 24.3 Å². The summed E-state index contributed by atoms with van der Waals surface area (Å²) < 4.78 is 41.1. The third-order valence-corrected chi connectivity index (χ3v) is 3.88. The highest BCUT2D eigenvalue weighted by atomic mass is 19.4. The Hall–Kier alpha value is -2.68. The van der Waals surface area contributed by atoms with Crippen LogP contribution in [-0.2, 0) is 17.7 Å². The van der Waals surface area contributed by atoms with Gasteiger partial charge in [-0.3, -0.25) is 19.0 Å². The van der Waals surface area contributed by atoms with Gasteiger partial charge in [-0.15, -0.1) is 13.2 Å². The Kier molecular flexibility index (Phi) is 4.58. The standard InChI is InChI=1S/C16H14F3N3O3/c17-16(18,19)25-8-5-11-1-3-13(4-2-11)21-6-7-22-14(15(21)24)12(10-23)9-20-22/h1-4,9-10H,5-8H2. The van der Waals surface area contributed by atoms with Crippen molar-refractivity contribution in [3.63, 3.8) is 0 Å². The van der Waals surface area contributed by atoms with Crippen LogP contribution in [0.5, 0.6) is 0 Å². The SMILES string of the molecule is O=Cc1cnn2c1C(=O)N(c1ccc(CCOC(F)(F)F)cc1)CC2. The molecule has 0 atom stereocenters. The van der Waals surface area contributed by atoms with Crippen molar-refractivity contribution in [1.82, 2.24) is 9.78 Å². The van der Waals surface area contributed by atoms with Crippen molar-refractivity contribution in [1.29, 1.82) is 0 Å². The van der Waals surface area contributed by atoms with Gasteiger partial charge in [0.2, 0.25) is 0 Å². The third kappa shape index (κ3) is 3.71. The Morgan fingerprint density at radius 1 is 1.20 bits per heavy atom.